The monoisotopic (exact) mass is 266 g/mol. The summed E-state index contributed by atoms with van der Waals surface area (Å²) in [5.41, 5.74) is 0.227. The van der Waals surface area contributed by atoms with E-state index in [1.807, 2.05) is 0 Å². The van der Waals surface area contributed by atoms with E-state index in [0.717, 1.165) is 6.26 Å². The average molecular weight is 267 g/mol. The highest BCUT2D eigenvalue weighted by Crippen LogP contribution is 2.16. The van der Waals surface area contributed by atoms with Gasteiger partial charge in [0.1, 0.15) is 0 Å². The lowest BCUT2D eigenvalue weighted by Gasteiger charge is -2.05. The summed E-state index contributed by atoms with van der Waals surface area (Å²) in [5, 5.41) is 0.469. The molecule has 0 aliphatic rings. The maximum atomic E-state index is 11.5. The van der Waals surface area contributed by atoms with Gasteiger partial charge < -0.3 is 0 Å². The van der Waals surface area contributed by atoms with Crippen LogP contribution in [0.1, 0.15) is 10.4 Å². The molecule has 0 aliphatic carbocycles. The lowest BCUT2D eigenvalue weighted by Crippen LogP contribution is -2.23. The predicted molar refractivity (Wildman–Crippen MR) is 60.3 cm³/mol. The van der Waals surface area contributed by atoms with Crippen molar-refractivity contribution in [2.45, 2.75) is 4.71 Å². The third-order valence-corrected chi connectivity index (χ3v) is 4.10. The lowest BCUT2D eigenvalue weighted by atomic mass is 10.1. The van der Waals surface area contributed by atoms with Gasteiger partial charge in [-0.2, -0.15) is 0 Å². The molecule has 0 aromatic heterocycles. The number of halogens is 2. The first-order valence-electron chi connectivity index (χ1n) is 3.95. The molecule has 1 atom stereocenters. The Labute approximate surface area is 97.9 Å². The second-order valence-electron chi connectivity index (χ2n) is 3.02. The first kappa shape index (κ1) is 12.5. The van der Waals surface area contributed by atoms with Gasteiger partial charge in [-0.3, -0.25) is 4.79 Å². The van der Waals surface area contributed by atoms with Crippen molar-refractivity contribution in [1.29, 1.82) is 0 Å². The van der Waals surface area contributed by atoms with Crippen molar-refractivity contribution in [3.63, 3.8) is 0 Å². The van der Waals surface area contributed by atoms with Crippen LogP contribution in [-0.2, 0) is 9.84 Å². The summed E-state index contributed by atoms with van der Waals surface area (Å²) >= 11 is 11.1. The Morgan fingerprint density at radius 1 is 1.27 bits per heavy atom. The molecule has 0 aliphatic heterocycles. The van der Waals surface area contributed by atoms with E-state index in [0.29, 0.717) is 5.02 Å². The minimum Gasteiger partial charge on any atom is -0.291 e. The standard InChI is InChI=1S/C9H8Cl2O3S/c1-15(13,14)9(11)8(12)6-2-4-7(10)5-3-6/h2-5,9H,1H3. The van der Waals surface area contributed by atoms with Crippen molar-refractivity contribution in [3.05, 3.63) is 34.9 Å². The highest BCUT2D eigenvalue weighted by Gasteiger charge is 2.26. The molecule has 1 aromatic carbocycles. The van der Waals surface area contributed by atoms with Gasteiger partial charge in [-0.15, -0.1) is 0 Å². The van der Waals surface area contributed by atoms with Gasteiger partial charge in [0.15, 0.2) is 20.3 Å². The van der Waals surface area contributed by atoms with E-state index in [9.17, 15) is 13.2 Å². The number of carbonyl (C=O) groups is 1. The first-order chi connectivity index (χ1) is 6.82. The van der Waals surface area contributed by atoms with Crippen molar-refractivity contribution < 1.29 is 13.2 Å². The Bertz CT molecular complexity index is 465. The zero-order chi connectivity index (χ0) is 11.6. The summed E-state index contributed by atoms with van der Waals surface area (Å²) < 4.78 is 20.5. The van der Waals surface area contributed by atoms with Crippen molar-refractivity contribution in [1.82, 2.24) is 0 Å². The maximum Gasteiger partial charge on any atom is 0.197 e. The van der Waals surface area contributed by atoms with Crippen LogP contribution in [0.4, 0.5) is 0 Å². The number of carbonyl (C=O) groups excluding carboxylic acids is 1. The smallest absolute Gasteiger partial charge is 0.197 e. The van der Waals surface area contributed by atoms with Crippen LogP contribution in [0.3, 0.4) is 0 Å². The summed E-state index contributed by atoms with van der Waals surface area (Å²) in [4.78, 5) is 11.5. The van der Waals surface area contributed by atoms with Gasteiger partial charge in [-0.1, -0.05) is 23.2 Å². The van der Waals surface area contributed by atoms with Crippen molar-refractivity contribution in [2.24, 2.45) is 0 Å². The van der Waals surface area contributed by atoms with Gasteiger partial charge in [0.25, 0.3) is 0 Å². The van der Waals surface area contributed by atoms with Crippen LogP contribution in [0.15, 0.2) is 24.3 Å². The summed E-state index contributed by atoms with van der Waals surface area (Å²) in [5.74, 6) is -0.643. The van der Waals surface area contributed by atoms with Gasteiger partial charge in [0, 0.05) is 16.8 Å². The van der Waals surface area contributed by atoms with E-state index >= 15 is 0 Å². The fourth-order valence-electron chi connectivity index (χ4n) is 0.940. The van der Waals surface area contributed by atoms with E-state index in [1.165, 1.54) is 24.3 Å². The second-order valence-corrected chi connectivity index (χ2v) is 6.28. The Hall–Kier alpha value is -0.580. The third kappa shape index (κ3) is 3.19. The number of ketones is 1. The van der Waals surface area contributed by atoms with Gasteiger partial charge in [0.05, 0.1) is 0 Å². The van der Waals surface area contributed by atoms with Crippen LogP contribution >= 0.6 is 23.2 Å². The average Bonchev–Trinajstić information content (AvgIpc) is 2.15. The van der Waals surface area contributed by atoms with Crippen LogP contribution in [0, 0.1) is 0 Å². The van der Waals surface area contributed by atoms with Crippen LogP contribution in [0.2, 0.25) is 5.02 Å². The number of alkyl halides is 1. The molecular weight excluding hydrogens is 259 g/mol. The van der Waals surface area contributed by atoms with E-state index < -0.39 is 20.3 Å². The molecule has 82 valence electrons. The molecule has 0 bridgehead atoms. The molecule has 0 N–H and O–H groups in total. The fourth-order valence-corrected chi connectivity index (χ4v) is 1.72. The SMILES string of the molecule is CS(=O)(=O)C(Cl)C(=O)c1ccc(Cl)cc1. The topological polar surface area (TPSA) is 51.2 Å². The largest absolute Gasteiger partial charge is 0.291 e. The second kappa shape index (κ2) is 4.51. The van der Waals surface area contributed by atoms with Gasteiger partial charge in [-0.05, 0) is 24.3 Å². The van der Waals surface area contributed by atoms with Gasteiger partial charge >= 0.3 is 0 Å². The molecule has 3 nitrogen and oxygen atoms in total. The highest BCUT2D eigenvalue weighted by molar-refractivity contribution is 7.93. The number of Topliss-reactive ketones (excluding diaryl/α,β-unsaturated/α-hetero) is 1. The van der Waals surface area contributed by atoms with E-state index in [4.69, 9.17) is 23.2 Å². The molecule has 15 heavy (non-hydrogen) atoms. The number of benzene rings is 1. The van der Waals surface area contributed by atoms with E-state index in [-0.39, 0.29) is 5.56 Å². The van der Waals surface area contributed by atoms with Crippen LogP contribution in [-0.4, -0.2) is 25.2 Å². The Kier molecular flexibility index (Phi) is 3.76. The predicted octanol–water partition coefficient (Wildman–Crippen LogP) is 2.13. The Balaban J connectivity index is 3.01. The molecule has 0 saturated heterocycles. The van der Waals surface area contributed by atoms with Crippen LogP contribution in [0.25, 0.3) is 0 Å². The molecule has 6 heteroatoms. The molecule has 0 saturated carbocycles. The van der Waals surface area contributed by atoms with Crippen LogP contribution < -0.4 is 0 Å². The minimum atomic E-state index is -3.58. The molecule has 0 spiro atoms. The number of hydrogen-bond acceptors (Lipinski definition) is 3. The van der Waals surface area contributed by atoms with E-state index in [1.54, 1.807) is 0 Å². The normalized spacial score (nSPS) is 13.5. The zero-order valence-corrected chi connectivity index (χ0v) is 10.1. The molecule has 1 aromatic rings. The number of sulfone groups is 1. The number of rotatable bonds is 3. The quantitative estimate of drug-likeness (QED) is 0.622. The fraction of sp³-hybridized carbons (Fsp3) is 0.222. The van der Waals surface area contributed by atoms with Crippen molar-refractivity contribution >= 4 is 38.8 Å². The van der Waals surface area contributed by atoms with E-state index in [2.05, 4.69) is 0 Å². The molecule has 0 heterocycles. The summed E-state index contributed by atoms with van der Waals surface area (Å²) in [6.45, 7) is 0. The first-order valence-corrected chi connectivity index (χ1v) is 6.72. The van der Waals surface area contributed by atoms with Crippen molar-refractivity contribution in [2.75, 3.05) is 6.26 Å². The number of hydrogen-bond donors (Lipinski definition) is 0. The third-order valence-electron chi connectivity index (χ3n) is 1.71. The maximum absolute atomic E-state index is 11.5. The molecule has 1 rings (SSSR count). The summed E-state index contributed by atoms with van der Waals surface area (Å²) in [6, 6.07) is 5.87. The molecule has 0 fully saturated rings. The van der Waals surface area contributed by atoms with Gasteiger partial charge in [0.2, 0.25) is 0 Å². The molecule has 0 amide bonds. The summed E-state index contributed by atoms with van der Waals surface area (Å²) in [6.07, 6.45) is 0.915. The Morgan fingerprint density at radius 3 is 2.13 bits per heavy atom. The zero-order valence-electron chi connectivity index (χ0n) is 7.78. The van der Waals surface area contributed by atoms with Gasteiger partial charge in [-0.25, -0.2) is 8.42 Å². The lowest BCUT2D eigenvalue weighted by molar-refractivity contribution is 0.101. The Morgan fingerprint density at radius 2 is 1.73 bits per heavy atom. The molecule has 1 unspecified atom stereocenters. The van der Waals surface area contributed by atoms with Crippen LogP contribution in [0.5, 0.6) is 0 Å². The highest BCUT2D eigenvalue weighted by atomic mass is 35.5. The molecule has 0 radical (unpaired) electrons. The van der Waals surface area contributed by atoms with Crippen molar-refractivity contribution in [3.8, 4) is 0 Å². The minimum absolute atomic E-state index is 0.227. The summed E-state index contributed by atoms with van der Waals surface area (Å²) in [7, 11) is -3.58. The molecular formula is C9H8Cl2O3S.